The van der Waals surface area contributed by atoms with Gasteiger partial charge in [0.2, 0.25) is 5.91 Å². The zero-order chi connectivity index (χ0) is 23.8. The van der Waals surface area contributed by atoms with Crippen LogP contribution in [0.25, 0.3) is 0 Å². The molecule has 3 N–H and O–H groups in total. The highest BCUT2D eigenvalue weighted by atomic mass is 16.5. The van der Waals surface area contributed by atoms with Crippen LogP contribution < -0.4 is 16.0 Å². The maximum absolute atomic E-state index is 12.6. The fraction of sp³-hybridized carbons (Fsp3) is 0.192. The molecule has 8 heteroatoms. The minimum atomic E-state index is -0.273. The molecule has 0 aliphatic carbocycles. The number of anilines is 3. The minimum Gasteiger partial charge on any atom is -0.379 e. The van der Waals surface area contributed by atoms with Gasteiger partial charge in [-0.1, -0.05) is 18.2 Å². The van der Waals surface area contributed by atoms with E-state index in [0.717, 1.165) is 13.1 Å². The van der Waals surface area contributed by atoms with E-state index in [2.05, 4.69) is 16.0 Å². The normalized spacial score (nSPS) is 13.6. The Hall–Kier alpha value is -4.01. The van der Waals surface area contributed by atoms with Gasteiger partial charge in [0.25, 0.3) is 11.8 Å². The molecular weight excluding hydrogens is 432 g/mol. The number of hydrogen-bond acceptors (Lipinski definition) is 5. The molecule has 0 aromatic heterocycles. The van der Waals surface area contributed by atoms with Crippen molar-refractivity contribution < 1.29 is 19.1 Å². The van der Waals surface area contributed by atoms with Crippen molar-refractivity contribution in [2.45, 2.75) is 0 Å². The zero-order valence-electron chi connectivity index (χ0n) is 18.6. The Morgan fingerprint density at radius 3 is 1.68 bits per heavy atom. The van der Waals surface area contributed by atoms with Gasteiger partial charge in [-0.3, -0.25) is 19.3 Å². The fourth-order valence-corrected chi connectivity index (χ4v) is 3.50. The maximum atomic E-state index is 12.6. The van der Waals surface area contributed by atoms with Crippen LogP contribution >= 0.6 is 0 Å². The Labute approximate surface area is 197 Å². The molecule has 1 fully saturated rings. The second kappa shape index (κ2) is 11.2. The van der Waals surface area contributed by atoms with Crippen molar-refractivity contribution in [3.8, 4) is 0 Å². The fourth-order valence-electron chi connectivity index (χ4n) is 3.50. The number of morpholine rings is 1. The highest BCUT2D eigenvalue weighted by molar-refractivity contribution is 6.06. The van der Waals surface area contributed by atoms with Crippen molar-refractivity contribution in [3.63, 3.8) is 0 Å². The smallest absolute Gasteiger partial charge is 0.255 e. The van der Waals surface area contributed by atoms with E-state index in [0.29, 0.717) is 47.9 Å². The molecule has 1 aliphatic rings. The van der Waals surface area contributed by atoms with Gasteiger partial charge in [0.1, 0.15) is 0 Å². The van der Waals surface area contributed by atoms with Crippen molar-refractivity contribution >= 4 is 34.8 Å². The molecule has 3 aromatic carbocycles. The Morgan fingerprint density at radius 1 is 0.647 bits per heavy atom. The number of nitrogens with zero attached hydrogens (tertiary/aromatic N) is 1. The first-order valence-corrected chi connectivity index (χ1v) is 11.0. The molecule has 0 unspecified atom stereocenters. The van der Waals surface area contributed by atoms with Crippen LogP contribution in [0.3, 0.4) is 0 Å². The van der Waals surface area contributed by atoms with Gasteiger partial charge < -0.3 is 20.7 Å². The summed E-state index contributed by atoms with van der Waals surface area (Å²) in [6.45, 7) is 3.11. The summed E-state index contributed by atoms with van der Waals surface area (Å²) in [5, 5.41) is 8.50. The van der Waals surface area contributed by atoms with Gasteiger partial charge in [-0.15, -0.1) is 0 Å². The van der Waals surface area contributed by atoms with E-state index in [1.54, 1.807) is 72.8 Å². The molecule has 0 atom stereocenters. The number of ether oxygens (including phenoxy) is 1. The molecule has 3 amide bonds. The monoisotopic (exact) mass is 458 g/mol. The second-order valence-electron chi connectivity index (χ2n) is 7.87. The predicted octanol–water partition coefficient (Wildman–Crippen LogP) is 3.46. The molecule has 4 rings (SSSR count). The largest absolute Gasteiger partial charge is 0.379 e. The highest BCUT2D eigenvalue weighted by Crippen LogP contribution is 2.16. The average Bonchev–Trinajstić information content (AvgIpc) is 2.87. The van der Waals surface area contributed by atoms with E-state index in [-0.39, 0.29) is 17.7 Å². The summed E-state index contributed by atoms with van der Waals surface area (Å²) >= 11 is 0. The van der Waals surface area contributed by atoms with Crippen molar-refractivity contribution in [2.75, 3.05) is 48.8 Å². The number of carbonyl (C=O) groups excluding carboxylic acids is 3. The van der Waals surface area contributed by atoms with Crippen molar-refractivity contribution in [1.29, 1.82) is 0 Å². The van der Waals surface area contributed by atoms with E-state index < -0.39 is 0 Å². The predicted molar refractivity (Wildman–Crippen MR) is 131 cm³/mol. The van der Waals surface area contributed by atoms with Gasteiger partial charge in [0, 0.05) is 41.3 Å². The molecule has 1 heterocycles. The lowest BCUT2D eigenvalue weighted by molar-refractivity contribution is -0.118. The molecule has 1 saturated heterocycles. The van der Waals surface area contributed by atoms with Gasteiger partial charge in [-0.05, 0) is 60.7 Å². The molecule has 0 spiro atoms. The SMILES string of the molecule is O=C(CN1CCOCC1)Nc1ccc(NC(=O)c2ccc(NC(=O)c3ccccc3)cc2)cc1. The van der Waals surface area contributed by atoms with Crippen LogP contribution in [0.5, 0.6) is 0 Å². The van der Waals surface area contributed by atoms with Crippen molar-refractivity contribution in [3.05, 3.63) is 90.0 Å². The molecular formula is C26H26N4O4. The van der Waals surface area contributed by atoms with Crippen molar-refractivity contribution in [2.24, 2.45) is 0 Å². The van der Waals surface area contributed by atoms with Crippen LogP contribution in [0.1, 0.15) is 20.7 Å². The molecule has 34 heavy (non-hydrogen) atoms. The second-order valence-corrected chi connectivity index (χ2v) is 7.87. The van der Waals surface area contributed by atoms with E-state index in [1.165, 1.54) is 0 Å². The lowest BCUT2D eigenvalue weighted by Gasteiger charge is -2.25. The molecule has 0 bridgehead atoms. The average molecular weight is 459 g/mol. The third kappa shape index (κ3) is 6.50. The number of rotatable bonds is 7. The number of benzene rings is 3. The van der Waals surface area contributed by atoms with Crippen LogP contribution in [0.15, 0.2) is 78.9 Å². The summed E-state index contributed by atoms with van der Waals surface area (Å²) in [5.74, 6) is -0.571. The molecule has 174 valence electrons. The topological polar surface area (TPSA) is 99.8 Å². The Balaban J connectivity index is 1.27. The molecule has 8 nitrogen and oxygen atoms in total. The van der Waals surface area contributed by atoms with Crippen LogP contribution in [-0.4, -0.2) is 55.5 Å². The van der Waals surface area contributed by atoms with Crippen LogP contribution in [0.4, 0.5) is 17.1 Å². The summed E-state index contributed by atoms with van der Waals surface area (Å²) in [6.07, 6.45) is 0. The van der Waals surface area contributed by atoms with E-state index in [1.807, 2.05) is 11.0 Å². The summed E-state index contributed by atoms with van der Waals surface area (Å²) in [7, 11) is 0. The number of nitrogens with one attached hydrogen (secondary N) is 3. The van der Waals surface area contributed by atoms with E-state index >= 15 is 0 Å². The van der Waals surface area contributed by atoms with Crippen LogP contribution in [0.2, 0.25) is 0 Å². The van der Waals surface area contributed by atoms with Gasteiger partial charge in [0.15, 0.2) is 0 Å². The lowest BCUT2D eigenvalue weighted by Crippen LogP contribution is -2.41. The summed E-state index contributed by atoms with van der Waals surface area (Å²) in [4.78, 5) is 39.1. The standard InChI is InChI=1S/C26H26N4O4/c31-24(18-30-14-16-34-17-15-30)27-21-10-12-23(13-11-21)29-26(33)20-6-8-22(9-7-20)28-25(32)19-4-2-1-3-5-19/h1-13H,14-18H2,(H,27,31)(H,28,32)(H,29,33). The van der Waals surface area contributed by atoms with Gasteiger partial charge >= 0.3 is 0 Å². The Bertz CT molecular complexity index is 1130. The molecule has 0 saturated carbocycles. The van der Waals surface area contributed by atoms with E-state index in [4.69, 9.17) is 4.74 Å². The first-order chi connectivity index (χ1) is 16.6. The maximum Gasteiger partial charge on any atom is 0.255 e. The first kappa shape index (κ1) is 23.2. The number of carbonyl (C=O) groups is 3. The Morgan fingerprint density at radius 2 is 1.12 bits per heavy atom. The first-order valence-electron chi connectivity index (χ1n) is 11.0. The zero-order valence-corrected chi connectivity index (χ0v) is 18.6. The summed E-state index contributed by atoms with van der Waals surface area (Å²) in [6, 6.07) is 22.5. The Kier molecular flexibility index (Phi) is 7.64. The number of amides is 3. The molecule has 1 aliphatic heterocycles. The third-order valence-corrected chi connectivity index (χ3v) is 5.34. The highest BCUT2D eigenvalue weighted by Gasteiger charge is 2.14. The van der Waals surface area contributed by atoms with Crippen molar-refractivity contribution in [1.82, 2.24) is 4.90 Å². The van der Waals surface area contributed by atoms with Gasteiger partial charge in [-0.2, -0.15) is 0 Å². The van der Waals surface area contributed by atoms with Crippen LogP contribution in [-0.2, 0) is 9.53 Å². The van der Waals surface area contributed by atoms with Gasteiger partial charge in [0.05, 0.1) is 19.8 Å². The third-order valence-electron chi connectivity index (χ3n) is 5.34. The quantitative estimate of drug-likeness (QED) is 0.504. The molecule has 3 aromatic rings. The van der Waals surface area contributed by atoms with Gasteiger partial charge in [-0.25, -0.2) is 0 Å². The lowest BCUT2D eigenvalue weighted by atomic mass is 10.1. The summed E-state index contributed by atoms with van der Waals surface area (Å²) in [5.41, 5.74) is 2.89. The molecule has 0 radical (unpaired) electrons. The van der Waals surface area contributed by atoms with E-state index in [9.17, 15) is 14.4 Å². The minimum absolute atomic E-state index is 0.0851. The summed E-state index contributed by atoms with van der Waals surface area (Å²) < 4.78 is 5.29. The number of hydrogen-bond donors (Lipinski definition) is 3. The van der Waals surface area contributed by atoms with Crippen LogP contribution in [0, 0.1) is 0 Å².